The zero-order chi connectivity index (χ0) is 31.6. The molecular formula is C27H23BrF7N3O4. The van der Waals surface area contributed by atoms with Crippen LogP contribution in [0.1, 0.15) is 40.1 Å². The Morgan fingerprint density at radius 1 is 1.02 bits per heavy atom. The van der Waals surface area contributed by atoms with E-state index in [-0.39, 0.29) is 36.4 Å². The van der Waals surface area contributed by atoms with Crippen LogP contribution < -0.4 is 19.7 Å². The van der Waals surface area contributed by atoms with Gasteiger partial charge in [0.05, 0.1) is 24.0 Å². The molecule has 2 aromatic carbocycles. The smallest absolute Gasteiger partial charge is 0.403 e. The van der Waals surface area contributed by atoms with E-state index in [2.05, 4.69) is 31.0 Å². The summed E-state index contributed by atoms with van der Waals surface area (Å²) >= 11 is 2.89. The number of hydrogen-bond acceptors (Lipinski definition) is 5. The maximum absolute atomic E-state index is 14.3. The number of rotatable bonds is 9. The normalized spacial score (nSPS) is 13.4. The largest absolute Gasteiger partial charge is 0.494 e. The minimum Gasteiger partial charge on any atom is -0.494 e. The Morgan fingerprint density at radius 3 is 2.17 bits per heavy atom. The van der Waals surface area contributed by atoms with Gasteiger partial charge in [-0.25, -0.2) is 8.78 Å². The van der Waals surface area contributed by atoms with Crippen LogP contribution in [0.4, 0.5) is 42.1 Å². The highest BCUT2D eigenvalue weighted by Gasteiger charge is 2.65. The van der Waals surface area contributed by atoms with Crippen LogP contribution in [-0.2, 0) is 5.41 Å². The van der Waals surface area contributed by atoms with Gasteiger partial charge < -0.3 is 19.7 Å². The third kappa shape index (κ3) is 6.30. The molecule has 0 aliphatic heterocycles. The van der Waals surface area contributed by atoms with E-state index in [1.54, 1.807) is 0 Å². The van der Waals surface area contributed by atoms with Crippen molar-refractivity contribution in [2.45, 2.75) is 38.0 Å². The monoisotopic (exact) mass is 665 g/mol. The van der Waals surface area contributed by atoms with Crippen molar-refractivity contribution < 1.29 is 49.8 Å². The Balaban J connectivity index is 2.09. The number of carbonyl (C=O) groups excluding carboxylic acids is 2. The fourth-order valence-electron chi connectivity index (χ4n) is 4.01. The van der Waals surface area contributed by atoms with Crippen LogP contribution in [0.3, 0.4) is 0 Å². The molecule has 0 aliphatic carbocycles. The van der Waals surface area contributed by atoms with Crippen LogP contribution >= 0.6 is 15.9 Å². The van der Waals surface area contributed by atoms with E-state index >= 15 is 0 Å². The lowest BCUT2D eigenvalue weighted by Crippen LogP contribution is -2.52. The molecule has 1 atom stereocenters. The van der Waals surface area contributed by atoms with Gasteiger partial charge in [-0.05, 0) is 64.8 Å². The predicted molar refractivity (Wildman–Crippen MR) is 143 cm³/mol. The standard InChI is InChI=1S/C27H23BrF7N3O4/c1-25(26(2,31)32,27(33,34)35)15-12-17(28)20(19(13-15)42-24(29)30)37-22(39)16-6-5-7-18(21(16)41-4)38(3)23(40)14-8-10-36-11-9-14/h5-13,24H,1-4H3,(H,37,39). The number of nitrogens with one attached hydrogen (secondary N) is 1. The van der Waals surface area contributed by atoms with Gasteiger partial charge >= 0.3 is 12.8 Å². The molecule has 0 fully saturated rings. The maximum Gasteiger partial charge on any atom is 0.403 e. The van der Waals surface area contributed by atoms with E-state index in [4.69, 9.17) is 4.74 Å². The quantitative estimate of drug-likeness (QED) is 0.240. The molecule has 42 heavy (non-hydrogen) atoms. The summed E-state index contributed by atoms with van der Waals surface area (Å²) in [6.45, 7) is -3.32. The summed E-state index contributed by atoms with van der Waals surface area (Å²) in [4.78, 5) is 31.3. The molecule has 1 unspecified atom stereocenters. The summed E-state index contributed by atoms with van der Waals surface area (Å²) in [5.74, 6) is -7.00. The molecule has 0 saturated heterocycles. The van der Waals surface area contributed by atoms with Gasteiger partial charge in [0.2, 0.25) is 0 Å². The number of alkyl halides is 7. The Bertz CT molecular complexity index is 1450. The number of nitrogens with zero attached hydrogens (tertiary/aromatic N) is 2. The Kier molecular flexibility index (Phi) is 9.44. The summed E-state index contributed by atoms with van der Waals surface area (Å²) in [7, 11) is 2.62. The average molecular weight is 666 g/mol. The number of ether oxygens (including phenoxy) is 2. The molecule has 0 spiro atoms. The molecule has 0 radical (unpaired) electrons. The number of methoxy groups -OCH3 is 1. The van der Waals surface area contributed by atoms with Crippen molar-refractivity contribution in [3.63, 3.8) is 0 Å². The number of amides is 2. The number of aromatic nitrogens is 1. The fraction of sp³-hybridized carbons (Fsp3) is 0.296. The van der Waals surface area contributed by atoms with Crippen molar-refractivity contribution in [2.24, 2.45) is 0 Å². The second-order valence-corrected chi connectivity index (χ2v) is 9.99. The van der Waals surface area contributed by atoms with Crippen molar-refractivity contribution in [3.05, 3.63) is 76.0 Å². The lowest BCUT2D eigenvalue weighted by Gasteiger charge is -2.37. The fourth-order valence-corrected chi connectivity index (χ4v) is 4.55. The highest BCUT2D eigenvalue weighted by atomic mass is 79.9. The number of carbonyl (C=O) groups is 2. The molecule has 0 bridgehead atoms. The molecule has 1 aromatic heterocycles. The highest BCUT2D eigenvalue weighted by molar-refractivity contribution is 9.10. The summed E-state index contributed by atoms with van der Waals surface area (Å²) in [5, 5.41) is 2.25. The van der Waals surface area contributed by atoms with Crippen LogP contribution in [0.2, 0.25) is 0 Å². The van der Waals surface area contributed by atoms with Crippen molar-refractivity contribution in [1.29, 1.82) is 0 Å². The Labute approximate surface area is 243 Å². The SMILES string of the molecule is COc1c(C(=O)Nc2c(Br)cc(C(C)(C(C)(F)F)C(F)(F)F)cc2OC(F)F)cccc1N(C)C(=O)c1ccncc1. The summed E-state index contributed by atoms with van der Waals surface area (Å²) in [5.41, 5.74) is -5.28. The van der Waals surface area contributed by atoms with E-state index in [9.17, 15) is 40.3 Å². The number of hydrogen-bond donors (Lipinski definition) is 1. The molecule has 0 aliphatic rings. The second kappa shape index (κ2) is 12.2. The van der Waals surface area contributed by atoms with Gasteiger partial charge in [-0.3, -0.25) is 14.6 Å². The van der Waals surface area contributed by atoms with E-state index in [0.29, 0.717) is 12.1 Å². The first-order chi connectivity index (χ1) is 19.4. The second-order valence-electron chi connectivity index (χ2n) is 9.13. The van der Waals surface area contributed by atoms with Gasteiger partial charge in [0, 0.05) is 36.4 Å². The zero-order valence-corrected chi connectivity index (χ0v) is 23.9. The van der Waals surface area contributed by atoms with Gasteiger partial charge in [-0.2, -0.15) is 22.0 Å². The minimum atomic E-state index is -5.51. The zero-order valence-electron chi connectivity index (χ0n) is 22.3. The highest BCUT2D eigenvalue weighted by Crippen LogP contribution is 2.53. The predicted octanol–water partition coefficient (Wildman–Crippen LogP) is 7.46. The average Bonchev–Trinajstić information content (AvgIpc) is 2.91. The van der Waals surface area contributed by atoms with Gasteiger partial charge in [0.25, 0.3) is 17.7 Å². The van der Waals surface area contributed by atoms with Gasteiger partial charge in [-0.15, -0.1) is 0 Å². The van der Waals surface area contributed by atoms with Gasteiger partial charge in [0.15, 0.2) is 16.9 Å². The molecule has 3 aromatic rings. The summed E-state index contributed by atoms with van der Waals surface area (Å²) < 4.78 is 106. The molecule has 15 heteroatoms. The summed E-state index contributed by atoms with van der Waals surface area (Å²) in [6, 6.07) is 8.07. The van der Waals surface area contributed by atoms with Crippen LogP contribution in [0.25, 0.3) is 0 Å². The van der Waals surface area contributed by atoms with Crippen molar-refractivity contribution in [2.75, 3.05) is 24.4 Å². The molecule has 7 nitrogen and oxygen atoms in total. The van der Waals surface area contributed by atoms with E-state index in [0.717, 1.165) is 0 Å². The molecule has 1 heterocycles. The van der Waals surface area contributed by atoms with Crippen LogP contribution in [-0.4, -0.2) is 49.7 Å². The van der Waals surface area contributed by atoms with Crippen molar-refractivity contribution in [1.82, 2.24) is 4.98 Å². The van der Waals surface area contributed by atoms with Gasteiger partial charge in [0.1, 0.15) is 0 Å². The number of benzene rings is 2. The van der Waals surface area contributed by atoms with E-state index < -0.39 is 57.4 Å². The minimum absolute atomic E-state index is 0.0490. The first kappa shape index (κ1) is 32.6. The maximum atomic E-state index is 14.3. The number of halogens is 8. The summed E-state index contributed by atoms with van der Waals surface area (Å²) in [6.07, 6.45) is -2.70. The Morgan fingerprint density at radius 2 is 1.64 bits per heavy atom. The van der Waals surface area contributed by atoms with Gasteiger partial charge in [-0.1, -0.05) is 6.07 Å². The topological polar surface area (TPSA) is 80.8 Å². The van der Waals surface area contributed by atoms with Crippen molar-refractivity contribution in [3.8, 4) is 11.5 Å². The first-order valence-corrected chi connectivity index (χ1v) is 12.6. The Hall–Kier alpha value is -3.88. The third-order valence-corrected chi connectivity index (χ3v) is 7.19. The number of anilines is 2. The molecule has 226 valence electrons. The number of pyridine rings is 1. The third-order valence-electron chi connectivity index (χ3n) is 6.57. The molecule has 2 amide bonds. The van der Waals surface area contributed by atoms with Crippen LogP contribution in [0.5, 0.6) is 11.5 Å². The van der Waals surface area contributed by atoms with E-state index in [1.807, 2.05) is 0 Å². The molecule has 3 rings (SSSR count). The molecule has 0 saturated carbocycles. The lowest BCUT2D eigenvalue weighted by atomic mass is 9.76. The number of para-hydroxylation sites is 1. The lowest BCUT2D eigenvalue weighted by molar-refractivity contribution is -0.248. The van der Waals surface area contributed by atoms with Crippen LogP contribution in [0, 0.1) is 0 Å². The first-order valence-electron chi connectivity index (χ1n) is 11.8. The molecular weight excluding hydrogens is 643 g/mol. The van der Waals surface area contributed by atoms with E-state index in [1.165, 1.54) is 61.8 Å². The van der Waals surface area contributed by atoms with Crippen LogP contribution in [0.15, 0.2) is 59.3 Å². The van der Waals surface area contributed by atoms with Crippen molar-refractivity contribution >= 4 is 39.1 Å². The molecule has 1 N–H and O–H groups in total.